The van der Waals surface area contributed by atoms with Crippen molar-refractivity contribution in [2.75, 3.05) is 0 Å². The highest BCUT2D eigenvalue weighted by Gasteiger charge is 2.77. The highest BCUT2D eigenvalue weighted by molar-refractivity contribution is 5.88. The van der Waals surface area contributed by atoms with Crippen molar-refractivity contribution in [3.05, 3.63) is 30.1 Å². The number of ether oxygens (including phenoxy) is 2. The van der Waals surface area contributed by atoms with Crippen LogP contribution in [-0.4, -0.2) is 16.7 Å². The second-order valence-electron chi connectivity index (χ2n) is 5.90. The molecule has 0 saturated carbocycles. The number of nitrogens with one attached hydrogen (secondary N) is 1. The van der Waals surface area contributed by atoms with Gasteiger partial charge < -0.3 is 9.47 Å². The Kier molecular flexibility index (Phi) is 2.94. The van der Waals surface area contributed by atoms with Crippen molar-refractivity contribution >= 4 is 5.90 Å². The van der Waals surface area contributed by atoms with Gasteiger partial charge in [0.25, 0.3) is 0 Å². The van der Waals surface area contributed by atoms with Gasteiger partial charge in [-0.1, -0.05) is 6.92 Å². The lowest BCUT2D eigenvalue weighted by Gasteiger charge is -2.60. The first-order valence-electron chi connectivity index (χ1n) is 7.01. The van der Waals surface area contributed by atoms with Gasteiger partial charge in [0, 0.05) is 19.3 Å². The Bertz CT molecular complexity index is 788. The number of nitriles is 3. The molecule has 1 aromatic heterocycles. The third-order valence-corrected chi connectivity index (χ3v) is 5.00. The van der Waals surface area contributed by atoms with Gasteiger partial charge in [0.05, 0.1) is 24.1 Å². The Morgan fingerprint density at radius 1 is 1.17 bits per heavy atom. The topological polar surface area (TPSA) is 127 Å². The number of nitrogens with zero attached hydrogens (tertiary/aromatic N) is 4. The van der Waals surface area contributed by atoms with Crippen LogP contribution in [-0.2, 0) is 9.47 Å². The fraction of sp³-hybridized carbons (Fsp3) is 0.438. The van der Waals surface area contributed by atoms with Crippen molar-refractivity contribution in [3.8, 4) is 18.2 Å². The average Bonchev–Trinajstić information content (AvgIpc) is 2.57. The minimum atomic E-state index is -1.84. The molecule has 0 radical (unpaired) electrons. The van der Waals surface area contributed by atoms with E-state index in [4.69, 9.17) is 14.9 Å². The fourth-order valence-corrected chi connectivity index (χ4v) is 3.51. The number of fused-ring (bicyclic) bond motifs is 3. The molecule has 3 fully saturated rings. The smallest absolute Gasteiger partial charge is 0.215 e. The molecular formula is C16H13N5O2. The number of pyridine rings is 1. The fourth-order valence-electron chi connectivity index (χ4n) is 3.51. The molecule has 0 aliphatic carbocycles. The van der Waals surface area contributed by atoms with Crippen molar-refractivity contribution in [2.45, 2.75) is 25.7 Å². The zero-order valence-electron chi connectivity index (χ0n) is 12.6. The van der Waals surface area contributed by atoms with Crippen LogP contribution in [0.4, 0.5) is 0 Å². The molecule has 3 aliphatic heterocycles. The van der Waals surface area contributed by atoms with E-state index in [1.54, 1.807) is 26.0 Å². The van der Waals surface area contributed by atoms with E-state index in [1.807, 2.05) is 18.2 Å². The van der Waals surface area contributed by atoms with Crippen molar-refractivity contribution in [1.82, 2.24) is 4.98 Å². The minimum absolute atomic E-state index is 0.406. The van der Waals surface area contributed by atoms with Gasteiger partial charge in [-0.25, -0.2) is 0 Å². The van der Waals surface area contributed by atoms with Crippen LogP contribution in [0.5, 0.6) is 0 Å². The monoisotopic (exact) mass is 307 g/mol. The number of hydrogen-bond acceptors (Lipinski definition) is 7. The van der Waals surface area contributed by atoms with Crippen molar-refractivity contribution in [1.29, 1.82) is 21.2 Å². The molecule has 3 aliphatic rings. The second kappa shape index (κ2) is 4.52. The zero-order chi connectivity index (χ0) is 16.9. The van der Waals surface area contributed by atoms with Crippen molar-refractivity contribution < 1.29 is 9.47 Å². The van der Waals surface area contributed by atoms with Crippen LogP contribution in [0.1, 0.15) is 25.5 Å². The summed E-state index contributed by atoms with van der Waals surface area (Å²) >= 11 is 0. The highest BCUT2D eigenvalue weighted by Crippen LogP contribution is 2.66. The molecule has 0 unspecified atom stereocenters. The molecule has 1 N–H and O–H groups in total. The van der Waals surface area contributed by atoms with Crippen LogP contribution < -0.4 is 0 Å². The van der Waals surface area contributed by atoms with E-state index in [1.165, 1.54) is 12.4 Å². The third kappa shape index (κ3) is 1.49. The van der Waals surface area contributed by atoms with Crippen LogP contribution in [0.15, 0.2) is 24.5 Å². The number of hydrogen-bond donors (Lipinski definition) is 1. The second-order valence-corrected chi connectivity index (χ2v) is 5.90. The Balaban J connectivity index is 2.35. The van der Waals surface area contributed by atoms with Crippen molar-refractivity contribution in [2.24, 2.45) is 16.7 Å². The van der Waals surface area contributed by atoms with Gasteiger partial charge in [-0.3, -0.25) is 10.4 Å². The molecule has 7 nitrogen and oxygen atoms in total. The Labute approximate surface area is 133 Å². The summed E-state index contributed by atoms with van der Waals surface area (Å²) in [4.78, 5) is 3.93. The molecule has 2 bridgehead atoms. The number of aromatic nitrogens is 1. The first-order chi connectivity index (χ1) is 10.9. The molecule has 4 atom stereocenters. The Morgan fingerprint density at radius 2 is 1.78 bits per heavy atom. The molecule has 4 heterocycles. The lowest BCUT2D eigenvalue weighted by molar-refractivity contribution is -0.338. The standard InChI is InChI=1S/C16H13N5O2/c1-10-14(2)22-12(11-3-5-21-6-4-11)16(9-19,13(20)23-14)15(10,7-17)8-18/h3-6,10,12,20H,1-2H3/t10-,12+,14-,16-/m1/s1. The van der Waals surface area contributed by atoms with E-state index >= 15 is 0 Å². The summed E-state index contributed by atoms with van der Waals surface area (Å²) in [5.41, 5.74) is -3.02. The SMILES string of the molecule is C[C@H]1C(C#N)(C#N)[C@@]2(C#N)C(=N)O[C@@]1(C)O[C@H]2c1ccncc1. The predicted molar refractivity (Wildman–Crippen MR) is 76.1 cm³/mol. The van der Waals surface area contributed by atoms with Gasteiger partial charge in [0.15, 0.2) is 10.8 Å². The van der Waals surface area contributed by atoms with E-state index in [0.29, 0.717) is 5.56 Å². The summed E-state index contributed by atoms with van der Waals surface area (Å²) in [6.45, 7) is 3.22. The largest absolute Gasteiger partial charge is 0.448 e. The van der Waals surface area contributed by atoms with E-state index in [2.05, 4.69) is 4.98 Å². The lowest BCUT2D eigenvalue weighted by Crippen LogP contribution is -2.71. The lowest BCUT2D eigenvalue weighted by atomic mass is 9.51. The summed E-state index contributed by atoms with van der Waals surface area (Å²) in [5.74, 6) is -2.46. The van der Waals surface area contributed by atoms with Gasteiger partial charge in [0.1, 0.15) is 6.10 Å². The zero-order valence-corrected chi connectivity index (χ0v) is 12.6. The van der Waals surface area contributed by atoms with Gasteiger partial charge >= 0.3 is 0 Å². The maximum Gasteiger partial charge on any atom is 0.215 e. The molecule has 114 valence electrons. The number of rotatable bonds is 1. The maximum absolute atomic E-state index is 9.90. The first-order valence-corrected chi connectivity index (χ1v) is 7.01. The third-order valence-electron chi connectivity index (χ3n) is 5.00. The molecule has 1 aromatic rings. The molecule has 7 heteroatoms. The van der Waals surface area contributed by atoms with E-state index < -0.39 is 34.5 Å². The van der Waals surface area contributed by atoms with Gasteiger partial charge in [-0.05, 0) is 17.7 Å². The van der Waals surface area contributed by atoms with E-state index in [9.17, 15) is 15.8 Å². The molecule has 23 heavy (non-hydrogen) atoms. The van der Waals surface area contributed by atoms with Crippen LogP contribution in [0.25, 0.3) is 0 Å². The van der Waals surface area contributed by atoms with Crippen LogP contribution >= 0.6 is 0 Å². The molecular weight excluding hydrogens is 294 g/mol. The highest BCUT2D eigenvalue weighted by atomic mass is 16.7. The summed E-state index contributed by atoms with van der Waals surface area (Å²) in [7, 11) is 0. The Morgan fingerprint density at radius 3 is 2.30 bits per heavy atom. The summed E-state index contributed by atoms with van der Waals surface area (Å²) in [6.07, 6.45) is 2.10. The molecule has 4 rings (SSSR count). The van der Waals surface area contributed by atoms with Crippen molar-refractivity contribution in [3.63, 3.8) is 0 Å². The van der Waals surface area contributed by atoms with Gasteiger partial charge in [0.2, 0.25) is 11.7 Å². The molecule has 0 spiro atoms. The summed E-state index contributed by atoms with van der Waals surface area (Å²) in [6, 6.07) is 9.28. The minimum Gasteiger partial charge on any atom is -0.448 e. The van der Waals surface area contributed by atoms with Crippen LogP contribution in [0.2, 0.25) is 0 Å². The van der Waals surface area contributed by atoms with Crippen LogP contribution in [0, 0.1) is 56.2 Å². The first kappa shape index (κ1) is 15.0. The molecule has 3 saturated heterocycles. The normalized spacial score (nSPS) is 37.1. The molecule has 0 amide bonds. The van der Waals surface area contributed by atoms with Gasteiger partial charge in [-0.2, -0.15) is 15.8 Å². The Hall–Kier alpha value is -2.95. The maximum atomic E-state index is 9.90. The predicted octanol–water partition coefficient (Wildman–Crippen LogP) is 2.06. The van der Waals surface area contributed by atoms with E-state index in [-0.39, 0.29) is 0 Å². The van der Waals surface area contributed by atoms with Crippen LogP contribution in [0.3, 0.4) is 0 Å². The average molecular weight is 307 g/mol. The van der Waals surface area contributed by atoms with Gasteiger partial charge in [-0.15, -0.1) is 0 Å². The van der Waals surface area contributed by atoms with E-state index in [0.717, 1.165) is 0 Å². The summed E-state index contributed by atoms with van der Waals surface area (Å²) in [5, 5.41) is 37.7. The molecule has 0 aromatic carbocycles. The summed E-state index contributed by atoms with van der Waals surface area (Å²) < 4.78 is 11.5. The quantitative estimate of drug-likeness (QED) is 0.846.